The first-order valence-corrected chi connectivity index (χ1v) is 3.52. The van der Waals surface area contributed by atoms with Crippen LogP contribution in [0.3, 0.4) is 0 Å². The minimum Gasteiger partial charge on any atom is -0.455 e. The lowest BCUT2D eigenvalue weighted by atomic mass is 10.2. The molecule has 0 radical (unpaired) electrons. The van der Waals surface area contributed by atoms with Crippen LogP contribution in [0.5, 0.6) is 0 Å². The molecule has 3 nitrogen and oxygen atoms in total. The van der Waals surface area contributed by atoms with Crippen LogP contribution in [0.2, 0.25) is 0 Å². The van der Waals surface area contributed by atoms with E-state index in [1.165, 1.54) is 6.08 Å². The lowest BCUT2D eigenvalue weighted by Crippen LogP contribution is -2.27. The third kappa shape index (κ3) is 4.42. The van der Waals surface area contributed by atoms with Gasteiger partial charge in [0.25, 0.3) is 0 Å². The molecular weight excluding hydrogens is 142 g/mol. The smallest absolute Gasteiger partial charge is 0.354 e. The van der Waals surface area contributed by atoms with Crippen molar-refractivity contribution in [2.75, 3.05) is 0 Å². The molecule has 0 aliphatic carbocycles. The van der Waals surface area contributed by atoms with Gasteiger partial charge in [-0.15, -0.1) is 0 Å². The molecule has 0 unspecified atom stereocenters. The molecule has 0 saturated heterocycles. The molecule has 0 aromatic carbocycles. The number of carbonyl (C=O) groups is 1. The van der Waals surface area contributed by atoms with Crippen LogP contribution in [0.25, 0.3) is 0 Å². The Balaban J connectivity index is 4.10. The largest absolute Gasteiger partial charge is 0.455 e. The fourth-order valence-corrected chi connectivity index (χ4v) is 0.455. The predicted molar refractivity (Wildman–Crippen MR) is 43.8 cm³/mol. The Morgan fingerprint density at radius 2 is 1.91 bits per heavy atom. The summed E-state index contributed by atoms with van der Waals surface area (Å²) in [6, 6.07) is 0. The zero-order chi connectivity index (χ0) is 9.07. The van der Waals surface area contributed by atoms with Crippen molar-refractivity contribution in [1.29, 1.82) is 0 Å². The Hall–Kier alpha value is -0.990. The molecular formula is C8H15NO2. The normalized spacial score (nSPS) is 12.9. The van der Waals surface area contributed by atoms with Gasteiger partial charge in [-0.05, 0) is 27.7 Å². The van der Waals surface area contributed by atoms with Crippen molar-refractivity contribution in [2.24, 2.45) is 5.73 Å². The zero-order valence-corrected chi connectivity index (χ0v) is 7.47. The van der Waals surface area contributed by atoms with Crippen LogP contribution in [-0.2, 0) is 9.53 Å². The number of rotatable bonds is 1. The highest BCUT2D eigenvalue weighted by Crippen LogP contribution is 2.08. The van der Waals surface area contributed by atoms with Gasteiger partial charge < -0.3 is 10.5 Å². The van der Waals surface area contributed by atoms with E-state index in [1.807, 2.05) is 0 Å². The first-order chi connectivity index (χ1) is 4.87. The molecule has 11 heavy (non-hydrogen) atoms. The van der Waals surface area contributed by atoms with E-state index in [4.69, 9.17) is 10.5 Å². The molecule has 2 N–H and O–H groups in total. The van der Waals surface area contributed by atoms with Crippen molar-refractivity contribution in [3.05, 3.63) is 11.8 Å². The predicted octanol–water partition coefficient (Wildman–Crippen LogP) is 1.19. The lowest BCUT2D eigenvalue weighted by molar-refractivity contribution is -0.149. The second-order valence-electron chi connectivity index (χ2n) is 3.25. The summed E-state index contributed by atoms with van der Waals surface area (Å²) >= 11 is 0. The third-order valence-corrected chi connectivity index (χ3v) is 0.946. The van der Waals surface area contributed by atoms with Gasteiger partial charge in [-0.3, -0.25) is 0 Å². The summed E-state index contributed by atoms with van der Waals surface area (Å²) in [5, 5.41) is 0. The van der Waals surface area contributed by atoms with Crippen molar-refractivity contribution in [1.82, 2.24) is 0 Å². The fraction of sp³-hybridized carbons (Fsp3) is 0.625. The van der Waals surface area contributed by atoms with E-state index in [0.29, 0.717) is 0 Å². The highest BCUT2D eigenvalue weighted by Gasteiger charge is 2.17. The molecule has 0 spiro atoms. The van der Waals surface area contributed by atoms with Gasteiger partial charge in [0, 0.05) is 0 Å². The summed E-state index contributed by atoms with van der Waals surface area (Å²) in [6.45, 7) is 7.09. The van der Waals surface area contributed by atoms with E-state index >= 15 is 0 Å². The van der Waals surface area contributed by atoms with Crippen LogP contribution in [-0.4, -0.2) is 11.6 Å². The highest BCUT2D eigenvalue weighted by atomic mass is 16.6. The van der Waals surface area contributed by atoms with Crippen molar-refractivity contribution in [3.63, 3.8) is 0 Å². The second-order valence-corrected chi connectivity index (χ2v) is 3.25. The number of allylic oxidation sites excluding steroid dienone is 1. The zero-order valence-electron chi connectivity index (χ0n) is 7.47. The topological polar surface area (TPSA) is 52.3 Å². The number of hydrogen-bond acceptors (Lipinski definition) is 3. The Kier molecular flexibility index (Phi) is 3.11. The number of carbonyl (C=O) groups excluding carboxylic acids is 1. The van der Waals surface area contributed by atoms with Crippen LogP contribution in [0.15, 0.2) is 11.8 Å². The van der Waals surface area contributed by atoms with E-state index < -0.39 is 11.6 Å². The molecule has 0 amide bonds. The molecule has 0 aromatic rings. The molecule has 0 heterocycles. The van der Waals surface area contributed by atoms with Crippen LogP contribution in [0.1, 0.15) is 27.7 Å². The Morgan fingerprint density at radius 1 is 1.45 bits per heavy atom. The van der Waals surface area contributed by atoms with Crippen molar-refractivity contribution in [3.8, 4) is 0 Å². The molecule has 0 aliphatic rings. The molecule has 64 valence electrons. The molecule has 0 aliphatic heterocycles. The SMILES string of the molecule is C/C=C(\N)C(=O)OC(C)(C)C. The average Bonchev–Trinajstić information content (AvgIpc) is 1.82. The monoisotopic (exact) mass is 157 g/mol. The summed E-state index contributed by atoms with van der Waals surface area (Å²) in [5.41, 5.74) is 5.00. The van der Waals surface area contributed by atoms with E-state index in [9.17, 15) is 4.79 Å². The quantitative estimate of drug-likeness (QED) is 0.459. The summed E-state index contributed by atoms with van der Waals surface area (Å²) in [4.78, 5) is 11.0. The van der Waals surface area contributed by atoms with Crippen molar-refractivity contribution < 1.29 is 9.53 Å². The van der Waals surface area contributed by atoms with Gasteiger partial charge >= 0.3 is 5.97 Å². The Morgan fingerprint density at radius 3 is 2.18 bits per heavy atom. The molecule has 3 heteroatoms. The highest BCUT2D eigenvalue weighted by molar-refractivity contribution is 5.87. The maximum absolute atomic E-state index is 11.0. The summed E-state index contributed by atoms with van der Waals surface area (Å²) in [6.07, 6.45) is 1.52. The lowest BCUT2D eigenvalue weighted by Gasteiger charge is -2.19. The van der Waals surface area contributed by atoms with E-state index in [2.05, 4.69) is 0 Å². The van der Waals surface area contributed by atoms with Gasteiger partial charge in [-0.25, -0.2) is 4.79 Å². The maximum atomic E-state index is 11.0. The minimum absolute atomic E-state index is 0.153. The molecule has 0 bridgehead atoms. The fourth-order valence-electron chi connectivity index (χ4n) is 0.455. The van der Waals surface area contributed by atoms with Crippen LogP contribution in [0.4, 0.5) is 0 Å². The number of ether oxygens (including phenoxy) is 1. The van der Waals surface area contributed by atoms with Gasteiger partial charge in [-0.1, -0.05) is 6.08 Å². The summed E-state index contributed by atoms with van der Waals surface area (Å²) < 4.78 is 4.96. The Labute approximate surface area is 67.2 Å². The first-order valence-electron chi connectivity index (χ1n) is 3.52. The molecule has 0 aromatic heterocycles. The van der Waals surface area contributed by atoms with E-state index in [-0.39, 0.29) is 5.70 Å². The van der Waals surface area contributed by atoms with Gasteiger partial charge in [0.2, 0.25) is 0 Å². The minimum atomic E-state index is -0.468. The molecule has 0 saturated carbocycles. The van der Waals surface area contributed by atoms with Crippen LogP contribution >= 0.6 is 0 Å². The van der Waals surface area contributed by atoms with E-state index in [0.717, 1.165) is 0 Å². The van der Waals surface area contributed by atoms with E-state index in [1.54, 1.807) is 27.7 Å². The first kappa shape index (κ1) is 10.0. The summed E-state index contributed by atoms with van der Waals surface area (Å²) in [7, 11) is 0. The average molecular weight is 157 g/mol. The number of esters is 1. The molecule has 0 fully saturated rings. The maximum Gasteiger partial charge on any atom is 0.354 e. The number of hydrogen-bond donors (Lipinski definition) is 1. The Bertz CT molecular complexity index is 177. The number of nitrogens with two attached hydrogens (primary N) is 1. The van der Waals surface area contributed by atoms with Crippen molar-refractivity contribution in [2.45, 2.75) is 33.3 Å². The van der Waals surface area contributed by atoms with Crippen LogP contribution < -0.4 is 5.73 Å². The van der Waals surface area contributed by atoms with Gasteiger partial charge in [0.1, 0.15) is 11.3 Å². The third-order valence-electron chi connectivity index (χ3n) is 0.946. The van der Waals surface area contributed by atoms with Gasteiger partial charge in [0.15, 0.2) is 0 Å². The summed E-state index contributed by atoms with van der Waals surface area (Å²) in [5.74, 6) is -0.458. The second kappa shape index (κ2) is 3.42. The van der Waals surface area contributed by atoms with Gasteiger partial charge in [0.05, 0.1) is 0 Å². The standard InChI is InChI=1S/C8H15NO2/c1-5-6(9)7(10)11-8(2,3)4/h5H,9H2,1-4H3/b6-5-. The molecule has 0 atom stereocenters. The van der Waals surface area contributed by atoms with Gasteiger partial charge in [-0.2, -0.15) is 0 Å². The van der Waals surface area contributed by atoms with Crippen molar-refractivity contribution >= 4 is 5.97 Å². The molecule has 0 rings (SSSR count). The van der Waals surface area contributed by atoms with Crippen LogP contribution in [0, 0.1) is 0 Å².